The van der Waals surface area contributed by atoms with Crippen molar-refractivity contribution in [1.29, 1.82) is 0 Å². The number of hydrogen-bond acceptors (Lipinski definition) is 4. The van der Waals surface area contributed by atoms with Crippen LogP contribution in [-0.2, 0) is 0 Å². The molecule has 0 aliphatic carbocycles. The van der Waals surface area contributed by atoms with Crippen LogP contribution < -0.4 is 5.32 Å². The molecule has 2 rings (SSSR count). The Hall–Kier alpha value is -1.82. The van der Waals surface area contributed by atoms with Crippen molar-refractivity contribution in [2.75, 3.05) is 0 Å². The highest BCUT2D eigenvalue weighted by Gasteiger charge is 2.13. The van der Waals surface area contributed by atoms with E-state index in [0.29, 0.717) is 10.9 Å². The molecule has 1 atom stereocenters. The fourth-order valence-corrected chi connectivity index (χ4v) is 2.61. The number of amides is 1. The first-order valence-electron chi connectivity index (χ1n) is 6.49. The van der Waals surface area contributed by atoms with Crippen LogP contribution in [0, 0.1) is 0 Å². The minimum absolute atomic E-state index is 0.0719. The standard InChI is InChI=1S/C14H18N4OS/c1-9(2)20-12-6-4-11(5-7-12)10(3)16-14(19)13-8-15-18-17-13/h4-10H,1-3H3,(H,16,19)(H,15,17,18)/t10-/m1/s1. The molecule has 6 heteroatoms. The van der Waals surface area contributed by atoms with Gasteiger partial charge in [-0.25, -0.2) is 0 Å². The lowest BCUT2D eigenvalue weighted by atomic mass is 10.1. The Bertz CT molecular complexity index is 551. The molecule has 0 unspecified atom stereocenters. The van der Waals surface area contributed by atoms with Crippen LogP contribution in [0.25, 0.3) is 0 Å². The van der Waals surface area contributed by atoms with Crippen molar-refractivity contribution in [3.63, 3.8) is 0 Å². The summed E-state index contributed by atoms with van der Waals surface area (Å²) >= 11 is 1.82. The molecule has 1 amide bonds. The minimum atomic E-state index is -0.230. The molecule has 0 radical (unpaired) electrons. The maximum Gasteiger partial charge on any atom is 0.273 e. The first kappa shape index (κ1) is 14.6. The lowest BCUT2D eigenvalue weighted by molar-refractivity contribution is 0.0935. The summed E-state index contributed by atoms with van der Waals surface area (Å²) < 4.78 is 0. The molecule has 0 aliphatic heterocycles. The first-order chi connectivity index (χ1) is 9.56. The fraction of sp³-hybridized carbons (Fsp3) is 0.357. The molecule has 1 aromatic carbocycles. The molecular formula is C14H18N4OS. The number of H-pyrrole nitrogens is 1. The third-order valence-electron chi connectivity index (χ3n) is 2.75. The van der Waals surface area contributed by atoms with Gasteiger partial charge in [-0.15, -0.1) is 11.8 Å². The topological polar surface area (TPSA) is 70.7 Å². The lowest BCUT2D eigenvalue weighted by Crippen LogP contribution is -2.26. The maximum atomic E-state index is 11.9. The molecule has 0 spiro atoms. The number of aromatic nitrogens is 3. The van der Waals surface area contributed by atoms with E-state index in [9.17, 15) is 4.79 Å². The zero-order chi connectivity index (χ0) is 14.5. The van der Waals surface area contributed by atoms with Crippen molar-refractivity contribution >= 4 is 17.7 Å². The van der Waals surface area contributed by atoms with Gasteiger partial charge in [0.1, 0.15) is 0 Å². The van der Waals surface area contributed by atoms with Crippen molar-refractivity contribution in [2.24, 2.45) is 0 Å². The van der Waals surface area contributed by atoms with Crippen LogP contribution in [0.1, 0.15) is 42.9 Å². The summed E-state index contributed by atoms with van der Waals surface area (Å²) in [6.07, 6.45) is 1.41. The summed E-state index contributed by atoms with van der Waals surface area (Å²) in [6.45, 7) is 6.28. The molecule has 1 aromatic heterocycles. The smallest absolute Gasteiger partial charge is 0.273 e. The number of carbonyl (C=O) groups is 1. The van der Waals surface area contributed by atoms with Crippen molar-refractivity contribution in [3.05, 3.63) is 41.7 Å². The SMILES string of the molecule is CC(C)Sc1ccc([C@@H](C)NC(=O)c2cn[nH]n2)cc1. The number of hydrogen-bond donors (Lipinski definition) is 2. The van der Waals surface area contributed by atoms with Gasteiger partial charge < -0.3 is 5.32 Å². The zero-order valence-electron chi connectivity index (χ0n) is 11.8. The van der Waals surface area contributed by atoms with Gasteiger partial charge in [0, 0.05) is 10.1 Å². The van der Waals surface area contributed by atoms with Crippen LogP contribution in [0.2, 0.25) is 0 Å². The Balaban J connectivity index is 1.98. The molecule has 106 valence electrons. The average molecular weight is 290 g/mol. The summed E-state index contributed by atoms with van der Waals surface area (Å²) in [5.74, 6) is -0.230. The highest BCUT2D eigenvalue weighted by Crippen LogP contribution is 2.24. The number of rotatable bonds is 5. The second-order valence-electron chi connectivity index (χ2n) is 4.79. The quantitative estimate of drug-likeness (QED) is 0.831. The van der Waals surface area contributed by atoms with Crippen LogP contribution in [0.15, 0.2) is 35.4 Å². The van der Waals surface area contributed by atoms with Crippen molar-refractivity contribution in [2.45, 2.75) is 37.0 Å². The molecule has 1 heterocycles. The van der Waals surface area contributed by atoms with Gasteiger partial charge >= 0.3 is 0 Å². The van der Waals surface area contributed by atoms with Crippen LogP contribution >= 0.6 is 11.8 Å². The summed E-state index contributed by atoms with van der Waals surface area (Å²) in [5.41, 5.74) is 1.36. The van der Waals surface area contributed by atoms with Gasteiger partial charge in [0.05, 0.1) is 12.2 Å². The second-order valence-corrected chi connectivity index (χ2v) is 6.44. The maximum absolute atomic E-state index is 11.9. The van der Waals surface area contributed by atoms with E-state index < -0.39 is 0 Å². The van der Waals surface area contributed by atoms with Gasteiger partial charge in [-0.3, -0.25) is 4.79 Å². The minimum Gasteiger partial charge on any atom is -0.344 e. The van der Waals surface area contributed by atoms with Crippen LogP contribution in [-0.4, -0.2) is 26.6 Å². The third-order valence-corrected chi connectivity index (χ3v) is 3.76. The molecule has 20 heavy (non-hydrogen) atoms. The van der Waals surface area contributed by atoms with Gasteiger partial charge in [0.25, 0.3) is 5.91 Å². The van der Waals surface area contributed by atoms with E-state index >= 15 is 0 Å². The second kappa shape index (κ2) is 6.56. The van der Waals surface area contributed by atoms with Gasteiger partial charge in [0.15, 0.2) is 5.69 Å². The lowest BCUT2D eigenvalue weighted by Gasteiger charge is -2.14. The van der Waals surface area contributed by atoms with E-state index in [0.717, 1.165) is 5.56 Å². The molecule has 0 saturated carbocycles. The zero-order valence-corrected chi connectivity index (χ0v) is 12.6. The van der Waals surface area contributed by atoms with E-state index in [-0.39, 0.29) is 11.9 Å². The van der Waals surface area contributed by atoms with Gasteiger partial charge in [-0.05, 0) is 24.6 Å². The Kier molecular flexibility index (Phi) is 4.79. The Morgan fingerprint density at radius 2 is 1.95 bits per heavy atom. The van der Waals surface area contributed by atoms with Crippen molar-refractivity contribution in [1.82, 2.24) is 20.7 Å². The monoisotopic (exact) mass is 290 g/mol. The molecule has 2 aromatic rings. The van der Waals surface area contributed by atoms with Crippen LogP contribution in [0.4, 0.5) is 0 Å². The van der Waals surface area contributed by atoms with Crippen LogP contribution in [0.3, 0.4) is 0 Å². The summed E-state index contributed by atoms with van der Waals surface area (Å²) in [7, 11) is 0. The largest absolute Gasteiger partial charge is 0.344 e. The van der Waals surface area contributed by atoms with Gasteiger partial charge in [-0.2, -0.15) is 15.4 Å². The third kappa shape index (κ3) is 3.84. The predicted molar refractivity (Wildman–Crippen MR) is 79.7 cm³/mol. The Morgan fingerprint density at radius 3 is 2.50 bits per heavy atom. The molecule has 0 bridgehead atoms. The average Bonchev–Trinajstić information content (AvgIpc) is 2.92. The van der Waals surface area contributed by atoms with E-state index in [1.165, 1.54) is 11.1 Å². The molecule has 0 saturated heterocycles. The van der Waals surface area contributed by atoms with Crippen molar-refractivity contribution < 1.29 is 4.79 Å². The predicted octanol–water partition coefficient (Wildman–Crippen LogP) is 2.80. The number of aromatic amines is 1. The fourth-order valence-electron chi connectivity index (χ4n) is 1.77. The summed E-state index contributed by atoms with van der Waals surface area (Å²) in [5, 5.41) is 13.3. The number of thioether (sulfide) groups is 1. The molecule has 0 fully saturated rings. The molecule has 5 nitrogen and oxygen atoms in total. The normalized spacial score (nSPS) is 12.4. The van der Waals surface area contributed by atoms with Crippen LogP contribution in [0.5, 0.6) is 0 Å². The number of nitrogens with zero attached hydrogens (tertiary/aromatic N) is 2. The molecule has 0 aliphatic rings. The highest BCUT2D eigenvalue weighted by atomic mass is 32.2. The summed E-state index contributed by atoms with van der Waals surface area (Å²) in [6, 6.07) is 8.17. The Morgan fingerprint density at radius 1 is 1.25 bits per heavy atom. The molecule has 2 N–H and O–H groups in total. The number of nitrogens with one attached hydrogen (secondary N) is 2. The van der Waals surface area contributed by atoms with E-state index in [4.69, 9.17) is 0 Å². The number of carbonyl (C=O) groups excluding carboxylic acids is 1. The van der Waals surface area contributed by atoms with E-state index in [1.54, 1.807) is 0 Å². The van der Waals surface area contributed by atoms with E-state index in [1.807, 2.05) is 30.8 Å². The number of benzene rings is 1. The Labute approximate surface area is 122 Å². The molecular weight excluding hydrogens is 272 g/mol. The summed E-state index contributed by atoms with van der Waals surface area (Å²) in [4.78, 5) is 13.1. The first-order valence-corrected chi connectivity index (χ1v) is 7.37. The van der Waals surface area contributed by atoms with Crippen molar-refractivity contribution in [3.8, 4) is 0 Å². The van der Waals surface area contributed by atoms with E-state index in [2.05, 4.69) is 46.7 Å². The van der Waals surface area contributed by atoms with Gasteiger partial charge in [-0.1, -0.05) is 26.0 Å². The van der Waals surface area contributed by atoms with Gasteiger partial charge in [0.2, 0.25) is 0 Å². The highest BCUT2D eigenvalue weighted by molar-refractivity contribution is 7.99.